The van der Waals surface area contributed by atoms with Crippen molar-refractivity contribution in [3.63, 3.8) is 0 Å². The number of nitrogens with two attached hydrogens (primary N) is 1. The van der Waals surface area contributed by atoms with Crippen LogP contribution in [-0.4, -0.2) is 17.4 Å². The molecule has 2 rings (SSSR count). The zero-order valence-corrected chi connectivity index (χ0v) is 11.1. The highest BCUT2D eigenvalue weighted by atomic mass is 16.1. The molecule has 0 aliphatic rings. The second-order valence-corrected chi connectivity index (χ2v) is 4.67. The Morgan fingerprint density at radius 2 is 2.26 bits per heavy atom. The SMILES string of the molecule is CCC(CN)CC(=O)Nc1ccc2ncccc2c1. The smallest absolute Gasteiger partial charge is 0.224 e. The van der Waals surface area contributed by atoms with Gasteiger partial charge in [-0.1, -0.05) is 19.4 Å². The molecule has 0 spiro atoms. The Bertz CT molecular complexity index is 564. The van der Waals surface area contributed by atoms with E-state index in [9.17, 15) is 4.79 Å². The van der Waals surface area contributed by atoms with Crippen LogP contribution in [0.5, 0.6) is 0 Å². The molecule has 1 unspecified atom stereocenters. The molecular formula is C15H19N3O. The average Bonchev–Trinajstić information content (AvgIpc) is 2.44. The van der Waals surface area contributed by atoms with Crippen molar-refractivity contribution in [2.45, 2.75) is 19.8 Å². The lowest BCUT2D eigenvalue weighted by Crippen LogP contribution is -2.21. The molecule has 1 heterocycles. The Morgan fingerprint density at radius 3 is 3.00 bits per heavy atom. The van der Waals surface area contributed by atoms with Gasteiger partial charge in [0.25, 0.3) is 0 Å². The zero-order valence-electron chi connectivity index (χ0n) is 11.1. The number of benzene rings is 1. The molecule has 0 bridgehead atoms. The van der Waals surface area contributed by atoms with E-state index >= 15 is 0 Å². The standard InChI is InChI=1S/C15H19N3O/c1-2-11(10-16)8-15(19)18-13-5-6-14-12(9-13)4-3-7-17-14/h3-7,9,11H,2,8,10,16H2,1H3,(H,18,19). The van der Waals surface area contributed by atoms with Crippen molar-refractivity contribution in [1.82, 2.24) is 4.98 Å². The summed E-state index contributed by atoms with van der Waals surface area (Å²) in [6.45, 7) is 2.60. The second-order valence-electron chi connectivity index (χ2n) is 4.67. The molecule has 0 radical (unpaired) electrons. The van der Waals surface area contributed by atoms with Gasteiger partial charge in [-0.15, -0.1) is 0 Å². The number of aromatic nitrogens is 1. The third kappa shape index (κ3) is 3.51. The minimum Gasteiger partial charge on any atom is -0.330 e. The summed E-state index contributed by atoms with van der Waals surface area (Å²) in [4.78, 5) is 16.1. The monoisotopic (exact) mass is 257 g/mol. The fourth-order valence-corrected chi connectivity index (χ4v) is 2.02. The van der Waals surface area contributed by atoms with Crippen molar-refractivity contribution in [2.24, 2.45) is 11.7 Å². The average molecular weight is 257 g/mol. The van der Waals surface area contributed by atoms with Gasteiger partial charge in [0.1, 0.15) is 0 Å². The van der Waals surface area contributed by atoms with Crippen LogP contribution in [0.3, 0.4) is 0 Å². The van der Waals surface area contributed by atoms with E-state index in [1.165, 1.54) is 0 Å². The van der Waals surface area contributed by atoms with Gasteiger partial charge in [0, 0.05) is 23.7 Å². The maximum atomic E-state index is 11.9. The summed E-state index contributed by atoms with van der Waals surface area (Å²) in [6.07, 6.45) is 3.15. The summed E-state index contributed by atoms with van der Waals surface area (Å²) in [5.41, 5.74) is 7.34. The van der Waals surface area contributed by atoms with Crippen molar-refractivity contribution in [1.29, 1.82) is 0 Å². The predicted molar refractivity (Wildman–Crippen MR) is 77.8 cm³/mol. The highest BCUT2D eigenvalue weighted by Crippen LogP contribution is 2.17. The number of amides is 1. The van der Waals surface area contributed by atoms with E-state index in [2.05, 4.69) is 10.3 Å². The van der Waals surface area contributed by atoms with Gasteiger partial charge in [0.2, 0.25) is 5.91 Å². The molecule has 0 aliphatic heterocycles. The maximum Gasteiger partial charge on any atom is 0.224 e. The van der Waals surface area contributed by atoms with E-state index in [1.54, 1.807) is 6.20 Å². The lowest BCUT2D eigenvalue weighted by Gasteiger charge is -2.12. The molecule has 3 N–H and O–H groups in total. The van der Waals surface area contributed by atoms with Crippen LogP contribution >= 0.6 is 0 Å². The Balaban J connectivity index is 2.06. The highest BCUT2D eigenvalue weighted by Gasteiger charge is 2.10. The number of nitrogens with one attached hydrogen (secondary N) is 1. The van der Waals surface area contributed by atoms with Crippen LogP contribution < -0.4 is 11.1 Å². The molecule has 1 aromatic heterocycles. The van der Waals surface area contributed by atoms with Crippen LogP contribution in [0.1, 0.15) is 19.8 Å². The van der Waals surface area contributed by atoms with Crippen molar-refractivity contribution < 1.29 is 4.79 Å². The summed E-state index contributed by atoms with van der Waals surface area (Å²) in [7, 11) is 0. The number of carbonyl (C=O) groups excluding carboxylic acids is 1. The maximum absolute atomic E-state index is 11.9. The molecular weight excluding hydrogens is 238 g/mol. The van der Waals surface area contributed by atoms with Gasteiger partial charge in [-0.2, -0.15) is 0 Å². The first kappa shape index (κ1) is 13.5. The first-order chi connectivity index (χ1) is 9.22. The molecule has 0 aliphatic carbocycles. The molecule has 100 valence electrons. The van der Waals surface area contributed by atoms with E-state index in [0.717, 1.165) is 23.0 Å². The largest absolute Gasteiger partial charge is 0.330 e. The van der Waals surface area contributed by atoms with Gasteiger partial charge in [0.15, 0.2) is 0 Å². The van der Waals surface area contributed by atoms with Gasteiger partial charge in [-0.3, -0.25) is 9.78 Å². The van der Waals surface area contributed by atoms with Crippen LogP contribution in [0.2, 0.25) is 0 Å². The quantitative estimate of drug-likeness (QED) is 0.865. The van der Waals surface area contributed by atoms with Crippen molar-refractivity contribution >= 4 is 22.5 Å². The van der Waals surface area contributed by atoms with Gasteiger partial charge in [-0.05, 0) is 36.7 Å². The summed E-state index contributed by atoms with van der Waals surface area (Å²) < 4.78 is 0. The fourth-order valence-electron chi connectivity index (χ4n) is 2.02. The predicted octanol–water partition coefficient (Wildman–Crippen LogP) is 2.55. The molecule has 1 aromatic carbocycles. The number of fused-ring (bicyclic) bond motifs is 1. The summed E-state index contributed by atoms with van der Waals surface area (Å²) in [5.74, 6) is 0.266. The van der Waals surface area contributed by atoms with E-state index in [1.807, 2.05) is 37.3 Å². The molecule has 1 atom stereocenters. The van der Waals surface area contributed by atoms with Gasteiger partial charge in [0.05, 0.1) is 5.52 Å². The summed E-state index contributed by atoms with van der Waals surface area (Å²) in [6, 6.07) is 9.58. The normalized spacial score (nSPS) is 12.3. The van der Waals surface area contributed by atoms with E-state index < -0.39 is 0 Å². The lowest BCUT2D eigenvalue weighted by atomic mass is 10.0. The van der Waals surface area contributed by atoms with Crippen LogP contribution in [-0.2, 0) is 4.79 Å². The fraction of sp³-hybridized carbons (Fsp3) is 0.333. The molecule has 4 nitrogen and oxygen atoms in total. The van der Waals surface area contributed by atoms with Gasteiger partial charge < -0.3 is 11.1 Å². The molecule has 4 heteroatoms. The van der Waals surface area contributed by atoms with Gasteiger partial charge >= 0.3 is 0 Å². The topological polar surface area (TPSA) is 68.0 Å². The van der Waals surface area contributed by atoms with Crippen LogP contribution in [0.25, 0.3) is 10.9 Å². The third-order valence-corrected chi connectivity index (χ3v) is 3.27. The number of anilines is 1. The third-order valence-electron chi connectivity index (χ3n) is 3.27. The summed E-state index contributed by atoms with van der Waals surface area (Å²) >= 11 is 0. The van der Waals surface area contributed by atoms with E-state index in [0.29, 0.717) is 13.0 Å². The molecule has 2 aromatic rings. The Morgan fingerprint density at radius 1 is 1.42 bits per heavy atom. The molecule has 1 amide bonds. The van der Waals surface area contributed by atoms with Crippen molar-refractivity contribution in [3.8, 4) is 0 Å². The molecule has 19 heavy (non-hydrogen) atoms. The number of rotatable bonds is 5. The second kappa shape index (κ2) is 6.29. The number of carbonyl (C=O) groups is 1. The number of hydrogen-bond donors (Lipinski definition) is 2. The Hall–Kier alpha value is -1.94. The Labute approximate surface area is 113 Å². The highest BCUT2D eigenvalue weighted by molar-refractivity contribution is 5.93. The number of hydrogen-bond acceptors (Lipinski definition) is 3. The minimum absolute atomic E-state index is 0.0144. The van der Waals surface area contributed by atoms with Crippen molar-refractivity contribution in [3.05, 3.63) is 36.5 Å². The van der Waals surface area contributed by atoms with E-state index in [-0.39, 0.29) is 11.8 Å². The zero-order chi connectivity index (χ0) is 13.7. The molecule has 0 fully saturated rings. The lowest BCUT2D eigenvalue weighted by molar-refractivity contribution is -0.117. The van der Waals surface area contributed by atoms with Crippen molar-refractivity contribution in [2.75, 3.05) is 11.9 Å². The molecule has 0 saturated carbocycles. The summed E-state index contributed by atoms with van der Waals surface area (Å²) in [5, 5.41) is 3.93. The first-order valence-electron chi connectivity index (χ1n) is 6.57. The number of pyridine rings is 1. The Kier molecular flexibility index (Phi) is 4.47. The van der Waals surface area contributed by atoms with Crippen LogP contribution in [0, 0.1) is 5.92 Å². The van der Waals surface area contributed by atoms with E-state index in [4.69, 9.17) is 5.73 Å². The van der Waals surface area contributed by atoms with Crippen LogP contribution in [0.15, 0.2) is 36.5 Å². The first-order valence-corrected chi connectivity index (χ1v) is 6.57. The minimum atomic E-state index is 0.0144. The van der Waals surface area contributed by atoms with Gasteiger partial charge in [-0.25, -0.2) is 0 Å². The number of nitrogens with zero attached hydrogens (tertiary/aromatic N) is 1. The van der Waals surface area contributed by atoms with Crippen LogP contribution in [0.4, 0.5) is 5.69 Å². The molecule has 0 saturated heterocycles.